The van der Waals surface area contributed by atoms with E-state index in [1.54, 1.807) is 6.08 Å². The molecule has 0 radical (unpaired) electrons. The molecule has 0 fully saturated rings. The molecule has 3 rings (SSSR count). The number of hydrogen-bond acceptors (Lipinski definition) is 4. The van der Waals surface area contributed by atoms with E-state index in [-0.39, 0.29) is 23.9 Å². The SMILES string of the molecule is O=C(C=Cc1ccccc1)c1cc2c(cc1O)OCO2. The molecule has 1 N–H and O–H groups in total. The Balaban J connectivity index is 1.86. The van der Waals surface area contributed by atoms with E-state index in [4.69, 9.17) is 9.47 Å². The molecule has 2 aromatic rings. The molecule has 20 heavy (non-hydrogen) atoms. The highest BCUT2D eigenvalue weighted by atomic mass is 16.7. The molecule has 0 saturated carbocycles. The molecule has 0 aromatic heterocycles. The maximum absolute atomic E-state index is 12.1. The summed E-state index contributed by atoms with van der Waals surface area (Å²) in [6.07, 6.45) is 3.12. The molecule has 0 amide bonds. The van der Waals surface area contributed by atoms with E-state index in [1.807, 2.05) is 30.3 Å². The van der Waals surface area contributed by atoms with Gasteiger partial charge in [0.15, 0.2) is 17.3 Å². The average Bonchev–Trinajstić information content (AvgIpc) is 2.92. The molecule has 1 aliphatic heterocycles. The summed E-state index contributed by atoms with van der Waals surface area (Å²) in [5.41, 5.74) is 1.11. The van der Waals surface area contributed by atoms with Crippen molar-refractivity contribution in [1.82, 2.24) is 0 Å². The van der Waals surface area contributed by atoms with Gasteiger partial charge in [0, 0.05) is 6.07 Å². The lowest BCUT2D eigenvalue weighted by atomic mass is 10.1. The van der Waals surface area contributed by atoms with Gasteiger partial charge < -0.3 is 14.6 Å². The van der Waals surface area contributed by atoms with Gasteiger partial charge in [0.1, 0.15) is 5.75 Å². The largest absolute Gasteiger partial charge is 0.507 e. The number of aromatic hydroxyl groups is 1. The second-order valence-electron chi connectivity index (χ2n) is 4.33. The van der Waals surface area contributed by atoms with E-state index < -0.39 is 0 Å². The molecule has 0 atom stereocenters. The number of allylic oxidation sites excluding steroid dienone is 1. The Morgan fingerprint density at radius 2 is 1.80 bits per heavy atom. The van der Waals surface area contributed by atoms with E-state index in [0.717, 1.165) is 5.56 Å². The van der Waals surface area contributed by atoms with Crippen molar-refractivity contribution in [2.24, 2.45) is 0 Å². The van der Waals surface area contributed by atoms with Gasteiger partial charge in [0.05, 0.1) is 5.56 Å². The average molecular weight is 268 g/mol. The Kier molecular flexibility index (Phi) is 3.13. The summed E-state index contributed by atoms with van der Waals surface area (Å²) in [5, 5.41) is 9.85. The maximum atomic E-state index is 12.1. The lowest BCUT2D eigenvalue weighted by molar-refractivity contribution is 0.104. The second kappa shape index (κ2) is 5.09. The van der Waals surface area contributed by atoms with Crippen LogP contribution < -0.4 is 9.47 Å². The molecule has 0 saturated heterocycles. The summed E-state index contributed by atoms with van der Waals surface area (Å²) >= 11 is 0. The Labute approximate surface area is 115 Å². The molecule has 0 unspecified atom stereocenters. The Morgan fingerprint density at radius 3 is 2.55 bits per heavy atom. The number of rotatable bonds is 3. The molecule has 4 nitrogen and oxygen atoms in total. The van der Waals surface area contributed by atoms with Crippen LogP contribution in [0.25, 0.3) is 6.08 Å². The fraction of sp³-hybridized carbons (Fsp3) is 0.0625. The van der Waals surface area contributed by atoms with Crippen molar-refractivity contribution in [1.29, 1.82) is 0 Å². The minimum atomic E-state index is -0.287. The number of hydrogen-bond donors (Lipinski definition) is 1. The third kappa shape index (κ3) is 2.36. The molecule has 1 aliphatic rings. The summed E-state index contributed by atoms with van der Waals surface area (Å²) in [6.45, 7) is 0.103. The van der Waals surface area contributed by atoms with Crippen molar-refractivity contribution in [3.8, 4) is 17.2 Å². The molecule has 0 spiro atoms. The number of phenolic OH excluding ortho intramolecular Hbond substituents is 1. The summed E-state index contributed by atoms with van der Waals surface area (Å²) < 4.78 is 10.3. The fourth-order valence-electron chi connectivity index (χ4n) is 1.95. The molecule has 100 valence electrons. The van der Waals surface area contributed by atoms with Crippen LogP contribution in [0.1, 0.15) is 15.9 Å². The molecule has 0 aliphatic carbocycles. The minimum absolute atomic E-state index is 0.103. The van der Waals surface area contributed by atoms with Gasteiger partial charge in [0.25, 0.3) is 0 Å². The van der Waals surface area contributed by atoms with Crippen LogP contribution in [-0.4, -0.2) is 17.7 Å². The van der Waals surface area contributed by atoms with Crippen LogP contribution in [0.5, 0.6) is 17.2 Å². The quantitative estimate of drug-likeness (QED) is 0.686. The molecule has 1 heterocycles. The zero-order chi connectivity index (χ0) is 13.9. The van der Waals surface area contributed by atoms with Crippen molar-refractivity contribution in [2.45, 2.75) is 0 Å². The van der Waals surface area contributed by atoms with Crippen LogP contribution in [-0.2, 0) is 0 Å². The van der Waals surface area contributed by atoms with Crippen LogP contribution >= 0.6 is 0 Å². The number of ketones is 1. The van der Waals surface area contributed by atoms with Gasteiger partial charge in [-0.3, -0.25) is 4.79 Å². The van der Waals surface area contributed by atoms with Gasteiger partial charge >= 0.3 is 0 Å². The predicted octanol–water partition coefficient (Wildman–Crippen LogP) is 3.02. The monoisotopic (exact) mass is 268 g/mol. The fourth-order valence-corrected chi connectivity index (χ4v) is 1.95. The lowest BCUT2D eigenvalue weighted by Crippen LogP contribution is -1.95. The first-order chi connectivity index (χ1) is 9.74. The zero-order valence-electron chi connectivity index (χ0n) is 10.6. The van der Waals surface area contributed by atoms with E-state index >= 15 is 0 Å². The Hall–Kier alpha value is -2.75. The highest BCUT2D eigenvalue weighted by molar-refractivity contribution is 6.09. The van der Waals surface area contributed by atoms with Crippen molar-refractivity contribution < 1.29 is 19.4 Å². The van der Waals surface area contributed by atoms with Gasteiger partial charge in [-0.15, -0.1) is 0 Å². The number of phenols is 1. The second-order valence-corrected chi connectivity index (χ2v) is 4.33. The van der Waals surface area contributed by atoms with Gasteiger partial charge in [-0.2, -0.15) is 0 Å². The van der Waals surface area contributed by atoms with Gasteiger partial charge in [-0.25, -0.2) is 0 Å². The van der Waals surface area contributed by atoms with Crippen molar-refractivity contribution in [3.63, 3.8) is 0 Å². The first-order valence-electron chi connectivity index (χ1n) is 6.14. The van der Waals surface area contributed by atoms with Crippen molar-refractivity contribution >= 4 is 11.9 Å². The molecular weight excluding hydrogens is 256 g/mol. The van der Waals surface area contributed by atoms with Crippen molar-refractivity contribution in [2.75, 3.05) is 6.79 Å². The van der Waals surface area contributed by atoms with Crippen LogP contribution in [0.15, 0.2) is 48.5 Å². The van der Waals surface area contributed by atoms with E-state index in [0.29, 0.717) is 11.5 Å². The van der Waals surface area contributed by atoms with E-state index in [1.165, 1.54) is 18.2 Å². The highest BCUT2D eigenvalue weighted by Crippen LogP contribution is 2.37. The van der Waals surface area contributed by atoms with Crippen LogP contribution in [0, 0.1) is 0 Å². The predicted molar refractivity (Wildman–Crippen MR) is 74.0 cm³/mol. The van der Waals surface area contributed by atoms with Crippen LogP contribution in [0.2, 0.25) is 0 Å². The third-order valence-electron chi connectivity index (χ3n) is 2.98. The number of carbonyl (C=O) groups is 1. The molecule has 4 heteroatoms. The van der Waals surface area contributed by atoms with Crippen LogP contribution in [0.4, 0.5) is 0 Å². The first-order valence-corrected chi connectivity index (χ1v) is 6.14. The normalized spacial score (nSPS) is 12.8. The number of ether oxygens (including phenoxy) is 2. The smallest absolute Gasteiger partial charge is 0.231 e. The summed E-state index contributed by atoms with van der Waals surface area (Å²) in [4.78, 5) is 12.1. The maximum Gasteiger partial charge on any atom is 0.231 e. The highest BCUT2D eigenvalue weighted by Gasteiger charge is 2.19. The molecule has 2 aromatic carbocycles. The summed E-state index contributed by atoms with van der Waals surface area (Å²) in [5.74, 6) is 0.520. The van der Waals surface area contributed by atoms with Crippen molar-refractivity contribution in [3.05, 3.63) is 59.7 Å². The molecule has 0 bridgehead atoms. The van der Waals surface area contributed by atoms with E-state index in [9.17, 15) is 9.90 Å². The molecular formula is C16H12O4. The third-order valence-corrected chi connectivity index (χ3v) is 2.98. The topological polar surface area (TPSA) is 55.8 Å². The number of carbonyl (C=O) groups excluding carboxylic acids is 1. The number of fused-ring (bicyclic) bond motifs is 1. The summed E-state index contributed by atoms with van der Waals surface area (Å²) in [6, 6.07) is 12.4. The Morgan fingerprint density at radius 1 is 1.10 bits per heavy atom. The van der Waals surface area contributed by atoms with Gasteiger partial charge in [-0.1, -0.05) is 36.4 Å². The standard InChI is InChI=1S/C16H12O4/c17-13(7-6-11-4-2-1-3-5-11)12-8-15-16(9-14(12)18)20-10-19-15/h1-9,18H,10H2. The Bertz CT molecular complexity index is 674. The summed E-state index contributed by atoms with van der Waals surface area (Å²) in [7, 11) is 0. The zero-order valence-corrected chi connectivity index (χ0v) is 10.6. The van der Waals surface area contributed by atoms with Gasteiger partial charge in [0.2, 0.25) is 6.79 Å². The van der Waals surface area contributed by atoms with E-state index in [2.05, 4.69) is 0 Å². The first kappa shape index (κ1) is 12.3. The lowest BCUT2D eigenvalue weighted by Gasteiger charge is -2.03. The van der Waals surface area contributed by atoms with Crippen LogP contribution in [0.3, 0.4) is 0 Å². The van der Waals surface area contributed by atoms with Gasteiger partial charge in [-0.05, 0) is 17.7 Å². The number of benzene rings is 2. The minimum Gasteiger partial charge on any atom is -0.507 e.